The summed E-state index contributed by atoms with van der Waals surface area (Å²) >= 11 is 1.57. The van der Waals surface area contributed by atoms with Gasteiger partial charge in [-0.15, -0.1) is 0 Å². The Morgan fingerprint density at radius 1 is 1.28 bits per heavy atom. The molecule has 3 nitrogen and oxygen atoms in total. The second-order valence-electron chi connectivity index (χ2n) is 4.21. The van der Waals surface area contributed by atoms with Crippen molar-refractivity contribution in [3.8, 4) is 11.3 Å². The second-order valence-corrected chi connectivity index (χ2v) is 5.28. The third kappa shape index (κ3) is 2.71. The zero-order chi connectivity index (χ0) is 13.0. The normalized spacial score (nSPS) is 10.6. The molecule has 2 aromatic rings. The molecule has 0 amide bonds. The van der Waals surface area contributed by atoms with Gasteiger partial charge < -0.3 is 10.0 Å². The first-order valence-electron chi connectivity index (χ1n) is 6.13. The molecule has 0 saturated heterocycles. The minimum absolute atomic E-state index is 0.0435. The van der Waals surface area contributed by atoms with Gasteiger partial charge >= 0.3 is 0 Å². The first-order valence-corrected chi connectivity index (χ1v) is 6.95. The van der Waals surface area contributed by atoms with Gasteiger partial charge in [-0.3, -0.25) is 0 Å². The molecule has 0 radical (unpaired) electrons. The third-order valence-electron chi connectivity index (χ3n) is 2.76. The molecule has 0 spiro atoms. The van der Waals surface area contributed by atoms with E-state index in [1.54, 1.807) is 11.3 Å². The molecule has 4 heteroatoms. The maximum absolute atomic E-state index is 9.46. The van der Waals surface area contributed by atoms with Crippen LogP contribution in [0.3, 0.4) is 0 Å². The van der Waals surface area contributed by atoms with E-state index in [0.29, 0.717) is 0 Å². The molecule has 0 unspecified atom stereocenters. The number of anilines is 1. The molecular formula is C14H18N2OS. The van der Waals surface area contributed by atoms with Crippen LogP contribution in [-0.4, -0.2) is 23.7 Å². The summed E-state index contributed by atoms with van der Waals surface area (Å²) in [6.07, 6.45) is 1.09. The number of hydrogen-bond donors (Lipinski definition) is 1. The molecular weight excluding hydrogens is 244 g/mol. The van der Waals surface area contributed by atoms with E-state index in [9.17, 15) is 5.11 Å². The van der Waals surface area contributed by atoms with Gasteiger partial charge in [-0.05, 0) is 6.42 Å². The Bertz CT molecular complexity index is 496. The predicted molar refractivity (Wildman–Crippen MR) is 77.0 cm³/mol. The molecule has 0 saturated carbocycles. The zero-order valence-corrected chi connectivity index (χ0v) is 11.6. The van der Waals surface area contributed by atoms with Crippen LogP contribution in [0.15, 0.2) is 30.3 Å². The van der Waals surface area contributed by atoms with Crippen LogP contribution in [0.5, 0.6) is 0 Å². The first-order chi connectivity index (χ1) is 8.76. The Morgan fingerprint density at radius 2 is 2.00 bits per heavy atom. The number of rotatable bonds is 5. The van der Waals surface area contributed by atoms with E-state index in [1.165, 1.54) is 0 Å². The molecule has 2 rings (SSSR count). The van der Waals surface area contributed by atoms with Gasteiger partial charge in [0.2, 0.25) is 0 Å². The summed E-state index contributed by atoms with van der Waals surface area (Å²) in [4.78, 5) is 7.72. The summed E-state index contributed by atoms with van der Waals surface area (Å²) in [6.45, 7) is 3.17. The van der Waals surface area contributed by atoms with Crippen molar-refractivity contribution in [2.24, 2.45) is 0 Å². The Hall–Kier alpha value is -1.39. The Kier molecular flexibility index (Phi) is 4.33. The molecule has 0 fully saturated rings. The molecule has 18 heavy (non-hydrogen) atoms. The monoisotopic (exact) mass is 262 g/mol. The van der Waals surface area contributed by atoms with E-state index in [0.717, 1.165) is 34.2 Å². The number of thiazole rings is 1. The van der Waals surface area contributed by atoms with Crippen molar-refractivity contribution in [1.29, 1.82) is 0 Å². The Morgan fingerprint density at radius 3 is 2.61 bits per heavy atom. The van der Waals surface area contributed by atoms with Crippen molar-refractivity contribution < 1.29 is 5.11 Å². The van der Waals surface area contributed by atoms with Gasteiger partial charge in [0, 0.05) is 19.2 Å². The van der Waals surface area contributed by atoms with Gasteiger partial charge in [0.1, 0.15) is 0 Å². The molecule has 1 heterocycles. The molecule has 1 aromatic heterocycles. The minimum Gasteiger partial charge on any atom is -0.391 e. The molecule has 1 N–H and O–H groups in total. The summed E-state index contributed by atoms with van der Waals surface area (Å²) in [5, 5.41) is 10.4. The summed E-state index contributed by atoms with van der Waals surface area (Å²) in [5.41, 5.74) is 1.97. The lowest BCUT2D eigenvalue weighted by Gasteiger charge is -2.13. The highest BCUT2D eigenvalue weighted by Gasteiger charge is 2.14. The van der Waals surface area contributed by atoms with Crippen molar-refractivity contribution in [2.45, 2.75) is 20.0 Å². The van der Waals surface area contributed by atoms with Crippen LogP contribution >= 0.6 is 11.3 Å². The fourth-order valence-corrected chi connectivity index (χ4v) is 2.79. The molecule has 1 aromatic carbocycles. The van der Waals surface area contributed by atoms with Crippen molar-refractivity contribution >= 4 is 16.5 Å². The molecule has 96 valence electrons. The SMILES string of the molecule is CCCN(C)c1nc(-c2ccccc2)c(CO)s1. The van der Waals surface area contributed by atoms with Crippen molar-refractivity contribution in [2.75, 3.05) is 18.5 Å². The maximum Gasteiger partial charge on any atom is 0.185 e. The topological polar surface area (TPSA) is 36.4 Å². The number of nitrogens with zero attached hydrogens (tertiary/aromatic N) is 2. The van der Waals surface area contributed by atoms with Crippen LogP contribution in [-0.2, 0) is 6.61 Å². The lowest BCUT2D eigenvalue weighted by atomic mass is 10.1. The van der Waals surface area contributed by atoms with Gasteiger partial charge in [0.05, 0.1) is 17.2 Å². The molecule has 0 aliphatic rings. The lowest BCUT2D eigenvalue weighted by molar-refractivity contribution is 0.286. The standard InChI is InChI=1S/C14H18N2OS/c1-3-9-16(2)14-15-13(12(10-17)18-14)11-7-5-4-6-8-11/h4-8,17H,3,9-10H2,1-2H3. The number of aromatic nitrogens is 1. The van der Waals surface area contributed by atoms with E-state index in [4.69, 9.17) is 0 Å². The van der Waals surface area contributed by atoms with Gasteiger partial charge in [0.25, 0.3) is 0 Å². The van der Waals surface area contributed by atoms with Crippen LogP contribution in [0.4, 0.5) is 5.13 Å². The van der Waals surface area contributed by atoms with E-state index in [2.05, 4.69) is 16.8 Å². The third-order valence-corrected chi connectivity index (χ3v) is 3.92. The van der Waals surface area contributed by atoms with Crippen LogP contribution in [0.2, 0.25) is 0 Å². The molecule has 0 bridgehead atoms. The smallest absolute Gasteiger partial charge is 0.185 e. The van der Waals surface area contributed by atoms with Gasteiger partial charge in [-0.25, -0.2) is 4.98 Å². The summed E-state index contributed by atoms with van der Waals surface area (Å²) in [7, 11) is 2.04. The zero-order valence-electron chi connectivity index (χ0n) is 10.8. The summed E-state index contributed by atoms with van der Waals surface area (Å²) in [5.74, 6) is 0. The second kappa shape index (κ2) is 5.98. The fraction of sp³-hybridized carbons (Fsp3) is 0.357. The highest BCUT2D eigenvalue weighted by Crippen LogP contribution is 2.32. The predicted octanol–water partition coefficient (Wildman–Crippen LogP) is 3.15. The van der Waals surface area contributed by atoms with E-state index >= 15 is 0 Å². The first kappa shape index (κ1) is 13.1. The number of hydrogen-bond acceptors (Lipinski definition) is 4. The van der Waals surface area contributed by atoms with Crippen molar-refractivity contribution in [3.05, 3.63) is 35.2 Å². The van der Waals surface area contributed by atoms with Crippen LogP contribution < -0.4 is 4.90 Å². The average molecular weight is 262 g/mol. The van der Waals surface area contributed by atoms with Gasteiger partial charge in [-0.2, -0.15) is 0 Å². The van der Waals surface area contributed by atoms with E-state index in [-0.39, 0.29) is 6.61 Å². The highest BCUT2D eigenvalue weighted by atomic mass is 32.1. The van der Waals surface area contributed by atoms with Crippen LogP contribution in [0, 0.1) is 0 Å². The number of benzene rings is 1. The van der Waals surface area contributed by atoms with E-state index in [1.807, 2.05) is 37.4 Å². The van der Waals surface area contributed by atoms with Gasteiger partial charge in [0.15, 0.2) is 5.13 Å². The summed E-state index contributed by atoms with van der Waals surface area (Å²) < 4.78 is 0. The van der Waals surface area contributed by atoms with E-state index < -0.39 is 0 Å². The van der Waals surface area contributed by atoms with Crippen LogP contribution in [0.1, 0.15) is 18.2 Å². The van der Waals surface area contributed by atoms with Crippen LogP contribution in [0.25, 0.3) is 11.3 Å². The number of aliphatic hydroxyl groups excluding tert-OH is 1. The highest BCUT2D eigenvalue weighted by molar-refractivity contribution is 7.16. The average Bonchev–Trinajstić information content (AvgIpc) is 2.84. The fourth-order valence-electron chi connectivity index (χ4n) is 1.86. The minimum atomic E-state index is 0.0435. The lowest BCUT2D eigenvalue weighted by Crippen LogP contribution is -2.17. The van der Waals surface area contributed by atoms with Crippen molar-refractivity contribution in [3.63, 3.8) is 0 Å². The maximum atomic E-state index is 9.46. The summed E-state index contributed by atoms with van der Waals surface area (Å²) in [6, 6.07) is 10.0. The number of aliphatic hydroxyl groups is 1. The van der Waals surface area contributed by atoms with Gasteiger partial charge in [-0.1, -0.05) is 48.6 Å². The Balaban J connectivity index is 2.36. The van der Waals surface area contributed by atoms with Crippen molar-refractivity contribution in [1.82, 2.24) is 4.98 Å². The molecule has 0 aliphatic carbocycles. The largest absolute Gasteiger partial charge is 0.391 e. The quantitative estimate of drug-likeness (QED) is 0.899. The molecule has 0 atom stereocenters. The Labute approximate surface area is 112 Å². The molecule has 0 aliphatic heterocycles.